The number of carboxylic acids is 1. The van der Waals surface area contributed by atoms with Crippen LogP contribution in [0.1, 0.15) is 59.3 Å². The van der Waals surface area contributed by atoms with Gasteiger partial charge >= 0.3 is 5.97 Å². The number of carboxylic acid groups (broad SMARTS) is 1. The molecule has 3 rings (SSSR count). The van der Waals surface area contributed by atoms with Crippen LogP contribution in [0.15, 0.2) is 24.3 Å². The molecule has 0 aromatic rings. The molecule has 128 valence electrons. The summed E-state index contributed by atoms with van der Waals surface area (Å²) in [7, 11) is 0. The smallest absolute Gasteiger partial charge is 0.309 e. The standard InChI is InChI=1S/C20H30O3/c1-5-18(2)10-7-14-13(12-18)15(21)11-16-19(14,3)8-6-9-20(16,4)17(22)23/h5,12,14-16,21H,1,6-11H2,2-4H3,(H,22,23)/t14-,15-,16+,18-,19+,20+/m0/s1. The van der Waals surface area contributed by atoms with E-state index in [4.69, 9.17) is 0 Å². The van der Waals surface area contributed by atoms with E-state index in [0.29, 0.717) is 12.3 Å². The number of aliphatic hydroxyl groups excluding tert-OH is 1. The Hall–Kier alpha value is -1.09. The van der Waals surface area contributed by atoms with E-state index in [1.807, 2.05) is 13.0 Å². The topological polar surface area (TPSA) is 57.5 Å². The van der Waals surface area contributed by atoms with Crippen LogP contribution in [-0.2, 0) is 4.79 Å². The van der Waals surface area contributed by atoms with Crippen LogP contribution in [0.25, 0.3) is 0 Å². The summed E-state index contributed by atoms with van der Waals surface area (Å²) in [5.74, 6) is -0.338. The third kappa shape index (κ3) is 2.31. The highest BCUT2D eigenvalue weighted by atomic mass is 16.4. The van der Waals surface area contributed by atoms with Gasteiger partial charge in [-0.2, -0.15) is 0 Å². The van der Waals surface area contributed by atoms with E-state index in [0.717, 1.165) is 37.7 Å². The summed E-state index contributed by atoms with van der Waals surface area (Å²) < 4.78 is 0. The Bertz CT molecular complexity index is 565. The van der Waals surface area contributed by atoms with Crippen LogP contribution in [0, 0.1) is 28.1 Å². The van der Waals surface area contributed by atoms with Crippen LogP contribution >= 0.6 is 0 Å². The summed E-state index contributed by atoms with van der Waals surface area (Å²) >= 11 is 0. The predicted octanol–water partition coefficient (Wildman–Crippen LogP) is 4.18. The first kappa shape index (κ1) is 16.8. The Kier molecular flexibility index (Phi) is 3.79. The molecule has 6 atom stereocenters. The zero-order valence-electron chi connectivity index (χ0n) is 14.6. The van der Waals surface area contributed by atoms with Crippen molar-refractivity contribution in [2.45, 2.75) is 65.4 Å². The molecule has 3 aliphatic carbocycles. The van der Waals surface area contributed by atoms with Gasteiger partial charge in [-0.05, 0) is 61.9 Å². The van der Waals surface area contributed by atoms with E-state index in [1.165, 1.54) is 0 Å². The highest BCUT2D eigenvalue weighted by Gasteiger charge is 2.60. The second-order valence-electron chi connectivity index (χ2n) is 8.83. The number of hydrogen-bond donors (Lipinski definition) is 2. The van der Waals surface area contributed by atoms with Crippen LogP contribution in [0.5, 0.6) is 0 Å². The van der Waals surface area contributed by atoms with E-state index in [9.17, 15) is 15.0 Å². The molecular weight excluding hydrogens is 288 g/mol. The fraction of sp³-hybridized carbons (Fsp3) is 0.750. The fourth-order valence-corrected chi connectivity index (χ4v) is 5.85. The molecule has 3 heteroatoms. The lowest BCUT2D eigenvalue weighted by molar-refractivity contribution is -0.168. The highest BCUT2D eigenvalue weighted by Crippen LogP contribution is 2.63. The van der Waals surface area contributed by atoms with Crippen LogP contribution in [0.2, 0.25) is 0 Å². The van der Waals surface area contributed by atoms with E-state index in [-0.39, 0.29) is 16.7 Å². The summed E-state index contributed by atoms with van der Waals surface area (Å²) in [6.07, 6.45) is 9.10. The molecule has 3 nitrogen and oxygen atoms in total. The molecule has 2 saturated carbocycles. The highest BCUT2D eigenvalue weighted by molar-refractivity contribution is 5.75. The summed E-state index contributed by atoms with van der Waals surface area (Å²) in [5, 5.41) is 20.6. The number of aliphatic carboxylic acids is 1. The molecule has 0 aliphatic heterocycles. The van der Waals surface area contributed by atoms with Gasteiger partial charge in [-0.15, -0.1) is 6.58 Å². The number of hydrogen-bond acceptors (Lipinski definition) is 2. The summed E-state index contributed by atoms with van der Waals surface area (Å²) in [5.41, 5.74) is 0.380. The zero-order valence-corrected chi connectivity index (χ0v) is 14.6. The van der Waals surface area contributed by atoms with Gasteiger partial charge in [0.1, 0.15) is 0 Å². The number of carbonyl (C=O) groups is 1. The van der Waals surface area contributed by atoms with E-state index in [2.05, 4.69) is 26.5 Å². The maximum Gasteiger partial charge on any atom is 0.309 e. The van der Waals surface area contributed by atoms with Gasteiger partial charge in [0, 0.05) is 5.41 Å². The van der Waals surface area contributed by atoms with Gasteiger partial charge < -0.3 is 10.2 Å². The van der Waals surface area contributed by atoms with Gasteiger partial charge in [0.05, 0.1) is 11.5 Å². The SMILES string of the molecule is C=C[C@]1(C)C=C2[C@@H](O)C[C@@H]3[C@](C)(CCC[C@@]3(C)C(=O)O)[C@H]2CC1. The maximum atomic E-state index is 12.0. The van der Waals surface area contributed by atoms with Crippen molar-refractivity contribution in [3.8, 4) is 0 Å². The largest absolute Gasteiger partial charge is 0.481 e. The molecule has 2 N–H and O–H groups in total. The molecular formula is C20H30O3. The molecule has 0 spiro atoms. The van der Waals surface area contributed by atoms with Crippen LogP contribution in [0.3, 0.4) is 0 Å². The Morgan fingerprint density at radius 2 is 2.00 bits per heavy atom. The number of aliphatic hydroxyl groups is 1. The molecule has 2 fully saturated rings. The van der Waals surface area contributed by atoms with Gasteiger partial charge in [0.2, 0.25) is 0 Å². The third-order valence-corrected chi connectivity index (χ3v) is 7.44. The number of rotatable bonds is 2. The van der Waals surface area contributed by atoms with E-state index >= 15 is 0 Å². The van der Waals surface area contributed by atoms with Crippen molar-refractivity contribution >= 4 is 5.97 Å². The van der Waals surface area contributed by atoms with E-state index in [1.54, 1.807) is 0 Å². The lowest BCUT2D eigenvalue weighted by Gasteiger charge is -2.60. The quantitative estimate of drug-likeness (QED) is 0.751. The summed E-state index contributed by atoms with van der Waals surface area (Å²) in [4.78, 5) is 12.0. The molecule has 0 heterocycles. The lowest BCUT2D eigenvalue weighted by Crippen LogP contribution is -2.57. The first-order valence-corrected chi connectivity index (χ1v) is 8.94. The molecule has 23 heavy (non-hydrogen) atoms. The van der Waals surface area contributed by atoms with Crippen molar-refractivity contribution in [1.29, 1.82) is 0 Å². The normalized spacial score (nSPS) is 49.6. The first-order chi connectivity index (χ1) is 10.7. The van der Waals surface area contributed by atoms with Gasteiger partial charge in [-0.25, -0.2) is 0 Å². The van der Waals surface area contributed by atoms with Gasteiger partial charge in [-0.1, -0.05) is 32.4 Å². The lowest BCUT2D eigenvalue weighted by atomic mass is 9.44. The molecule has 0 radical (unpaired) electrons. The van der Waals surface area contributed by atoms with Crippen molar-refractivity contribution in [3.63, 3.8) is 0 Å². The summed E-state index contributed by atoms with van der Waals surface area (Å²) in [6.45, 7) is 10.3. The van der Waals surface area contributed by atoms with Gasteiger partial charge in [0.15, 0.2) is 0 Å². The Morgan fingerprint density at radius 3 is 2.61 bits per heavy atom. The molecule has 0 bridgehead atoms. The van der Waals surface area contributed by atoms with Gasteiger partial charge in [-0.3, -0.25) is 4.79 Å². The number of allylic oxidation sites excluding steroid dienone is 2. The minimum absolute atomic E-state index is 0.0149. The second kappa shape index (κ2) is 5.20. The molecule has 0 saturated heterocycles. The second-order valence-corrected chi connectivity index (χ2v) is 8.83. The third-order valence-electron chi connectivity index (χ3n) is 7.44. The van der Waals surface area contributed by atoms with Crippen molar-refractivity contribution in [2.75, 3.05) is 0 Å². The molecule has 0 aromatic heterocycles. The van der Waals surface area contributed by atoms with Crippen LogP contribution in [-0.4, -0.2) is 22.3 Å². The summed E-state index contributed by atoms with van der Waals surface area (Å²) in [6, 6.07) is 0. The predicted molar refractivity (Wildman–Crippen MR) is 90.9 cm³/mol. The molecule has 0 unspecified atom stereocenters. The number of fused-ring (bicyclic) bond motifs is 3. The zero-order chi connectivity index (χ0) is 17.0. The van der Waals surface area contributed by atoms with Crippen molar-refractivity contribution < 1.29 is 15.0 Å². The van der Waals surface area contributed by atoms with Gasteiger partial charge in [0.25, 0.3) is 0 Å². The maximum absolute atomic E-state index is 12.0. The molecule has 0 amide bonds. The van der Waals surface area contributed by atoms with Crippen molar-refractivity contribution in [2.24, 2.45) is 28.1 Å². The Morgan fingerprint density at radius 1 is 1.30 bits per heavy atom. The average molecular weight is 318 g/mol. The minimum Gasteiger partial charge on any atom is -0.481 e. The van der Waals surface area contributed by atoms with E-state index < -0.39 is 17.5 Å². The first-order valence-electron chi connectivity index (χ1n) is 8.94. The monoisotopic (exact) mass is 318 g/mol. The average Bonchev–Trinajstić information content (AvgIpc) is 2.50. The Labute approximate surface area is 139 Å². The Balaban J connectivity index is 2.05. The van der Waals surface area contributed by atoms with Crippen molar-refractivity contribution in [1.82, 2.24) is 0 Å². The molecule has 0 aromatic carbocycles. The van der Waals surface area contributed by atoms with Crippen LogP contribution < -0.4 is 0 Å². The molecule has 3 aliphatic rings. The fourth-order valence-electron chi connectivity index (χ4n) is 5.85. The van der Waals surface area contributed by atoms with Crippen molar-refractivity contribution in [3.05, 3.63) is 24.3 Å². The minimum atomic E-state index is -0.710. The van der Waals surface area contributed by atoms with Crippen LogP contribution in [0.4, 0.5) is 0 Å².